The SMILES string of the molecule is COc1ccccc1C(=O)Nc1cnn([C@H]2CCOC2)c1. The van der Waals surface area contributed by atoms with E-state index in [9.17, 15) is 4.79 Å². The van der Waals surface area contributed by atoms with Gasteiger partial charge in [0, 0.05) is 12.8 Å². The predicted molar refractivity (Wildman–Crippen MR) is 77.6 cm³/mol. The van der Waals surface area contributed by atoms with Gasteiger partial charge in [-0.15, -0.1) is 0 Å². The van der Waals surface area contributed by atoms with Crippen LogP contribution in [0, 0.1) is 0 Å². The molecule has 1 N–H and O–H groups in total. The number of hydrogen-bond acceptors (Lipinski definition) is 4. The summed E-state index contributed by atoms with van der Waals surface area (Å²) < 4.78 is 12.4. The Morgan fingerprint density at radius 1 is 1.48 bits per heavy atom. The van der Waals surface area contributed by atoms with Crippen LogP contribution >= 0.6 is 0 Å². The zero-order valence-corrected chi connectivity index (χ0v) is 11.8. The average Bonchev–Trinajstić information content (AvgIpc) is 3.17. The fourth-order valence-electron chi connectivity index (χ4n) is 2.36. The van der Waals surface area contributed by atoms with Gasteiger partial charge in [0.2, 0.25) is 0 Å². The number of hydrogen-bond donors (Lipinski definition) is 1. The van der Waals surface area contributed by atoms with Crippen LogP contribution in [0.1, 0.15) is 22.8 Å². The maximum atomic E-state index is 12.3. The van der Waals surface area contributed by atoms with Crippen LogP contribution in [0.25, 0.3) is 0 Å². The van der Waals surface area contributed by atoms with Crippen LogP contribution in [0.15, 0.2) is 36.7 Å². The normalized spacial score (nSPS) is 17.7. The number of rotatable bonds is 4. The Balaban J connectivity index is 1.72. The minimum atomic E-state index is -0.213. The minimum absolute atomic E-state index is 0.213. The first-order chi connectivity index (χ1) is 10.3. The molecule has 6 heteroatoms. The molecule has 0 bridgehead atoms. The van der Waals surface area contributed by atoms with E-state index < -0.39 is 0 Å². The fourth-order valence-corrected chi connectivity index (χ4v) is 2.36. The van der Waals surface area contributed by atoms with Gasteiger partial charge in [-0.05, 0) is 18.6 Å². The van der Waals surface area contributed by atoms with Crippen LogP contribution < -0.4 is 10.1 Å². The van der Waals surface area contributed by atoms with E-state index in [1.54, 1.807) is 31.5 Å². The quantitative estimate of drug-likeness (QED) is 0.935. The molecule has 0 saturated carbocycles. The topological polar surface area (TPSA) is 65.4 Å². The van der Waals surface area contributed by atoms with E-state index in [2.05, 4.69) is 10.4 Å². The lowest BCUT2D eigenvalue weighted by atomic mass is 10.2. The summed E-state index contributed by atoms with van der Waals surface area (Å²) in [4.78, 5) is 12.3. The van der Waals surface area contributed by atoms with Gasteiger partial charge in [0.05, 0.1) is 37.2 Å². The number of para-hydroxylation sites is 1. The van der Waals surface area contributed by atoms with Crippen molar-refractivity contribution in [3.05, 3.63) is 42.2 Å². The van der Waals surface area contributed by atoms with Gasteiger partial charge in [-0.2, -0.15) is 5.10 Å². The zero-order valence-electron chi connectivity index (χ0n) is 11.8. The Kier molecular flexibility index (Phi) is 3.87. The van der Waals surface area contributed by atoms with Gasteiger partial charge in [0.1, 0.15) is 5.75 Å². The van der Waals surface area contributed by atoms with E-state index in [0.29, 0.717) is 23.6 Å². The van der Waals surface area contributed by atoms with E-state index >= 15 is 0 Å². The molecule has 1 aliphatic heterocycles. The van der Waals surface area contributed by atoms with Gasteiger partial charge < -0.3 is 14.8 Å². The summed E-state index contributed by atoms with van der Waals surface area (Å²) >= 11 is 0. The molecule has 0 unspecified atom stereocenters. The number of benzene rings is 1. The molecule has 1 atom stereocenters. The summed E-state index contributed by atoms with van der Waals surface area (Å²) in [7, 11) is 1.55. The highest BCUT2D eigenvalue weighted by Gasteiger charge is 2.19. The molecule has 1 amide bonds. The molecule has 0 aliphatic carbocycles. The number of carbonyl (C=O) groups is 1. The molecule has 1 aromatic heterocycles. The average molecular weight is 287 g/mol. The van der Waals surface area contributed by atoms with Gasteiger partial charge in [0.25, 0.3) is 5.91 Å². The molecule has 110 valence electrons. The van der Waals surface area contributed by atoms with E-state index in [1.807, 2.05) is 16.9 Å². The minimum Gasteiger partial charge on any atom is -0.496 e. The summed E-state index contributed by atoms with van der Waals surface area (Å²) in [5.74, 6) is 0.334. The smallest absolute Gasteiger partial charge is 0.259 e. The number of nitrogens with zero attached hydrogens (tertiary/aromatic N) is 2. The number of aromatic nitrogens is 2. The highest BCUT2D eigenvalue weighted by Crippen LogP contribution is 2.21. The van der Waals surface area contributed by atoms with Crippen LogP contribution in [0.5, 0.6) is 5.75 Å². The van der Waals surface area contributed by atoms with E-state index in [0.717, 1.165) is 13.0 Å². The van der Waals surface area contributed by atoms with Crippen molar-refractivity contribution in [3.63, 3.8) is 0 Å². The first-order valence-corrected chi connectivity index (χ1v) is 6.84. The summed E-state index contributed by atoms with van der Waals surface area (Å²) in [5.41, 5.74) is 1.16. The molecule has 2 heterocycles. The van der Waals surface area contributed by atoms with Crippen molar-refractivity contribution in [2.24, 2.45) is 0 Å². The van der Waals surface area contributed by atoms with Crippen molar-refractivity contribution < 1.29 is 14.3 Å². The second kappa shape index (κ2) is 5.97. The van der Waals surface area contributed by atoms with Gasteiger partial charge in [0.15, 0.2) is 0 Å². The Hall–Kier alpha value is -2.34. The van der Waals surface area contributed by atoms with Crippen LogP contribution in [0.4, 0.5) is 5.69 Å². The summed E-state index contributed by atoms with van der Waals surface area (Å²) in [5, 5.41) is 7.11. The fraction of sp³-hybridized carbons (Fsp3) is 0.333. The summed E-state index contributed by atoms with van der Waals surface area (Å²) in [6.07, 6.45) is 4.42. The molecule has 3 rings (SSSR count). The third-order valence-corrected chi connectivity index (χ3v) is 3.49. The first kappa shape index (κ1) is 13.6. The lowest BCUT2D eigenvalue weighted by molar-refractivity contribution is 0.102. The molecule has 1 saturated heterocycles. The molecule has 1 aromatic carbocycles. The van der Waals surface area contributed by atoms with Crippen LogP contribution in [0.2, 0.25) is 0 Å². The van der Waals surface area contributed by atoms with Gasteiger partial charge >= 0.3 is 0 Å². The van der Waals surface area contributed by atoms with Crippen molar-refractivity contribution in [2.45, 2.75) is 12.5 Å². The zero-order chi connectivity index (χ0) is 14.7. The number of amides is 1. The summed E-state index contributed by atoms with van der Waals surface area (Å²) in [6, 6.07) is 7.36. The second-order valence-electron chi connectivity index (χ2n) is 4.88. The van der Waals surface area contributed by atoms with Gasteiger partial charge in [-0.3, -0.25) is 9.48 Å². The number of ether oxygens (including phenoxy) is 2. The molecular formula is C15H17N3O3. The molecule has 1 fully saturated rings. The van der Waals surface area contributed by atoms with Crippen molar-refractivity contribution in [1.82, 2.24) is 9.78 Å². The number of carbonyl (C=O) groups excluding carboxylic acids is 1. The number of methoxy groups -OCH3 is 1. The van der Waals surface area contributed by atoms with Crippen molar-refractivity contribution in [3.8, 4) is 5.75 Å². The number of nitrogens with one attached hydrogen (secondary N) is 1. The lowest BCUT2D eigenvalue weighted by Gasteiger charge is -2.08. The highest BCUT2D eigenvalue weighted by atomic mass is 16.5. The highest BCUT2D eigenvalue weighted by molar-refractivity contribution is 6.06. The van der Waals surface area contributed by atoms with Crippen LogP contribution in [0.3, 0.4) is 0 Å². The van der Waals surface area contributed by atoms with E-state index in [-0.39, 0.29) is 11.9 Å². The third-order valence-electron chi connectivity index (χ3n) is 3.49. The molecule has 21 heavy (non-hydrogen) atoms. The number of anilines is 1. The Morgan fingerprint density at radius 3 is 3.10 bits per heavy atom. The Morgan fingerprint density at radius 2 is 2.33 bits per heavy atom. The molecule has 1 aliphatic rings. The lowest BCUT2D eigenvalue weighted by Crippen LogP contribution is -2.13. The predicted octanol–water partition coefficient (Wildman–Crippen LogP) is 2.11. The molecule has 2 aromatic rings. The standard InChI is InChI=1S/C15H17N3O3/c1-20-14-5-3-2-4-13(14)15(19)17-11-8-16-18(9-11)12-6-7-21-10-12/h2-5,8-9,12H,6-7,10H2,1H3,(H,17,19)/t12-/m0/s1. The second-order valence-corrected chi connectivity index (χ2v) is 4.88. The Labute approximate surface area is 122 Å². The van der Waals surface area contributed by atoms with Gasteiger partial charge in [-0.25, -0.2) is 0 Å². The van der Waals surface area contributed by atoms with Crippen molar-refractivity contribution >= 4 is 11.6 Å². The van der Waals surface area contributed by atoms with E-state index in [1.165, 1.54) is 0 Å². The van der Waals surface area contributed by atoms with E-state index in [4.69, 9.17) is 9.47 Å². The Bertz CT molecular complexity index is 633. The van der Waals surface area contributed by atoms with Crippen molar-refractivity contribution in [2.75, 3.05) is 25.6 Å². The molecule has 0 radical (unpaired) electrons. The summed E-state index contributed by atoms with van der Waals surface area (Å²) in [6.45, 7) is 1.43. The molecule has 6 nitrogen and oxygen atoms in total. The largest absolute Gasteiger partial charge is 0.496 e. The monoisotopic (exact) mass is 287 g/mol. The third kappa shape index (κ3) is 2.90. The van der Waals surface area contributed by atoms with Crippen molar-refractivity contribution in [1.29, 1.82) is 0 Å². The maximum Gasteiger partial charge on any atom is 0.259 e. The maximum absolute atomic E-state index is 12.3. The van der Waals surface area contributed by atoms with Gasteiger partial charge in [-0.1, -0.05) is 12.1 Å². The first-order valence-electron chi connectivity index (χ1n) is 6.84. The van der Waals surface area contributed by atoms with Crippen LogP contribution in [-0.4, -0.2) is 36.0 Å². The van der Waals surface area contributed by atoms with Crippen LogP contribution in [-0.2, 0) is 4.74 Å². The molecular weight excluding hydrogens is 270 g/mol. The molecule has 0 spiro atoms.